The van der Waals surface area contributed by atoms with Crippen LogP contribution in [0.1, 0.15) is 11.1 Å². The van der Waals surface area contributed by atoms with Crippen molar-refractivity contribution in [2.45, 2.75) is 6.92 Å². The maximum Gasteiger partial charge on any atom is 0.270 e. The first-order valence-electron chi connectivity index (χ1n) is 8.67. The van der Waals surface area contributed by atoms with Crippen molar-refractivity contribution in [3.63, 3.8) is 0 Å². The van der Waals surface area contributed by atoms with Crippen LogP contribution in [0.2, 0.25) is 0 Å². The van der Waals surface area contributed by atoms with Gasteiger partial charge in [0, 0.05) is 0 Å². The number of nitrogens with one attached hydrogen (secondary N) is 1. The molecule has 0 aromatic heterocycles. The highest BCUT2D eigenvalue weighted by Crippen LogP contribution is 2.39. The van der Waals surface area contributed by atoms with Gasteiger partial charge in [-0.05, 0) is 55.0 Å². The van der Waals surface area contributed by atoms with E-state index in [-0.39, 0.29) is 10.7 Å². The number of benzene rings is 2. The van der Waals surface area contributed by atoms with E-state index in [1.165, 1.54) is 32.3 Å². The van der Waals surface area contributed by atoms with Gasteiger partial charge in [-0.3, -0.25) is 19.8 Å². The fourth-order valence-corrected chi connectivity index (χ4v) is 3.22. The minimum absolute atomic E-state index is 0.0332. The van der Waals surface area contributed by atoms with E-state index in [1.54, 1.807) is 24.3 Å². The minimum Gasteiger partial charge on any atom is -0.493 e. The lowest BCUT2D eigenvalue weighted by Crippen LogP contribution is -2.54. The Labute approximate surface area is 173 Å². The molecule has 2 aromatic carbocycles. The number of anilines is 1. The fourth-order valence-electron chi connectivity index (χ4n) is 2.94. The topological polar surface area (TPSA) is 77.1 Å². The molecule has 1 aliphatic heterocycles. The van der Waals surface area contributed by atoms with Crippen LogP contribution in [0.15, 0.2) is 42.0 Å². The summed E-state index contributed by atoms with van der Waals surface area (Å²) in [6.07, 6.45) is 1.46. The Morgan fingerprint density at radius 2 is 1.55 bits per heavy atom. The second kappa shape index (κ2) is 8.32. The number of ether oxygens (including phenoxy) is 3. The number of amides is 2. The van der Waals surface area contributed by atoms with Crippen molar-refractivity contribution in [3.05, 3.63) is 53.1 Å². The fraction of sp³-hybridized carbons (Fsp3) is 0.190. The summed E-state index contributed by atoms with van der Waals surface area (Å²) in [6.45, 7) is 1.94. The van der Waals surface area contributed by atoms with Gasteiger partial charge in [0.05, 0.1) is 27.0 Å². The number of aryl methyl sites for hydroxylation is 1. The van der Waals surface area contributed by atoms with Crippen molar-refractivity contribution in [1.29, 1.82) is 0 Å². The zero-order chi connectivity index (χ0) is 21.1. The number of methoxy groups -OCH3 is 3. The molecular weight excluding hydrogens is 392 g/mol. The smallest absolute Gasteiger partial charge is 0.270 e. The number of carbonyl (C=O) groups is 2. The third kappa shape index (κ3) is 3.93. The number of hydrogen-bond acceptors (Lipinski definition) is 6. The Balaban J connectivity index is 2.06. The van der Waals surface area contributed by atoms with Crippen LogP contribution in [0.25, 0.3) is 6.08 Å². The van der Waals surface area contributed by atoms with Crippen LogP contribution in [0.4, 0.5) is 5.69 Å². The monoisotopic (exact) mass is 412 g/mol. The molecule has 0 unspecified atom stereocenters. The summed E-state index contributed by atoms with van der Waals surface area (Å²) in [5, 5.41) is 2.60. The molecule has 0 aliphatic carbocycles. The van der Waals surface area contributed by atoms with Gasteiger partial charge in [0.2, 0.25) is 5.75 Å². The Morgan fingerprint density at radius 3 is 2.07 bits per heavy atom. The third-order valence-corrected chi connectivity index (χ3v) is 4.68. The lowest BCUT2D eigenvalue weighted by molar-refractivity contribution is -0.122. The van der Waals surface area contributed by atoms with Gasteiger partial charge in [-0.1, -0.05) is 17.7 Å². The molecule has 3 rings (SSSR count). The SMILES string of the molecule is COc1cc(/C=C2/C(=O)NC(=S)N(c3ccc(C)cc3)C2=O)cc(OC)c1OC. The highest BCUT2D eigenvalue weighted by atomic mass is 32.1. The normalized spacial score (nSPS) is 15.4. The van der Waals surface area contributed by atoms with E-state index < -0.39 is 11.8 Å². The molecule has 1 saturated heterocycles. The van der Waals surface area contributed by atoms with Gasteiger partial charge in [0.1, 0.15) is 5.57 Å². The summed E-state index contributed by atoms with van der Waals surface area (Å²) in [5.74, 6) is 0.147. The quantitative estimate of drug-likeness (QED) is 0.462. The number of carbonyl (C=O) groups excluding carboxylic acids is 2. The van der Waals surface area contributed by atoms with E-state index >= 15 is 0 Å². The first-order chi connectivity index (χ1) is 13.9. The summed E-state index contributed by atoms with van der Waals surface area (Å²) in [5.41, 5.74) is 2.09. The molecule has 2 aromatic rings. The molecule has 8 heteroatoms. The second-order valence-electron chi connectivity index (χ2n) is 6.25. The number of nitrogens with zero attached hydrogens (tertiary/aromatic N) is 1. The van der Waals surface area contributed by atoms with Crippen molar-refractivity contribution in [2.75, 3.05) is 26.2 Å². The van der Waals surface area contributed by atoms with Gasteiger partial charge < -0.3 is 14.2 Å². The van der Waals surface area contributed by atoms with E-state index in [9.17, 15) is 9.59 Å². The van der Waals surface area contributed by atoms with Gasteiger partial charge in [-0.2, -0.15) is 0 Å². The maximum atomic E-state index is 13.1. The van der Waals surface area contributed by atoms with Crippen LogP contribution >= 0.6 is 12.2 Å². The maximum absolute atomic E-state index is 13.1. The average molecular weight is 412 g/mol. The predicted octanol–water partition coefficient (Wildman–Crippen LogP) is 2.85. The molecule has 1 aliphatic rings. The molecule has 1 fully saturated rings. The lowest BCUT2D eigenvalue weighted by atomic mass is 10.1. The highest BCUT2D eigenvalue weighted by Gasteiger charge is 2.34. The first-order valence-corrected chi connectivity index (χ1v) is 9.08. The van der Waals surface area contributed by atoms with Crippen molar-refractivity contribution in [1.82, 2.24) is 5.32 Å². The number of thiocarbonyl (C=S) groups is 1. The Bertz CT molecular complexity index is 989. The highest BCUT2D eigenvalue weighted by molar-refractivity contribution is 7.80. The summed E-state index contributed by atoms with van der Waals surface area (Å²) >= 11 is 5.22. The van der Waals surface area contributed by atoms with E-state index in [0.717, 1.165) is 5.56 Å². The largest absolute Gasteiger partial charge is 0.493 e. The predicted molar refractivity (Wildman–Crippen MR) is 113 cm³/mol. The summed E-state index contributed by atoms with van der Waals surface area (Å²) in [7, 11) is 4.48. The van der Waals surface area contributed by atoms with Gasteiger partial charge in [-0.15, -0.1) is 0 Å². The zero-order valence-electron chi connectivity index (χ0n) is 16.4. The molecule has 0 radical (unpaired) electrons. The minimum atomic E-state index is -0.572. The molecule has 150 valence electrons. The first kappa shape index (κ1) is 20.3. The molecular formula is C21H20N2O5S. The van der Waals surface area contributed by atoms with Gasteiger partial charge in [-0.25, -0.2) is 0 Å². The Hall–Kier alpha value is -3.39. The van der Waals surface area contributed by atoms with E-state index in [0.29, 0.717) is 28.5 Å². The zero-order valence-corrected chi connectivity index (χ0v) is 17.3. The standard InChI is InChI=1S/C21H20N2O5S/c1-12-5-7-14(8-6-12)23-20(25)15(19(24)22-21(23)29)9-13-10-16(26-2)18(28-4)17(11-13)27-3/h5-11H,1-4H3,(H,22,24,29)/b15-9-. The molecule has 0 saturated carbocycles. The summed E-state index contributed by atoms with van der Waals surface area (Å²) < 4.78 is 16.0. The van der Waals surface area contributed by atoms with Crippen LogP contribution in [-0.4, -0.2) is 38.3 Å². The molecule has 0 bridgehead atoms. The van der Waals surface area contributed by atoms with Crippen molar-refractivity contribution >= 4 is 40.9 Å². The molecule has 29 heavy (non-hydrogen) atoms. The second-order valence-corrected chi connectivity index (χ2v) is 6.64. The average Bonchev–Trinajstić information content (AvgIpc) is 2.71. The lowest BCUT2D eigenvalue weighted by Gasteiger charge is -2.29. The van der Waals surface area contributed by atoms with Crippen LogP contribution < -0.4 is 24.4 Å². The molecule has 2 amide bonds. The van der Waals surface area contributed by atoms with Crippen molar-refractivity contribution in [2.24, 2.45) is 0 Å². The number of rotatable bonds is 5. The number of hydrogen-bond donors (Lipinski definition) is 1. The van der Waals surface area contributed by atoms with Crippen LogP contribution in [-0.2, 0) is 9.59 Å². The summed E-state index contributed by atoms with van der Waals surface area (Å²) in [4.78, 5) is 26.9. The van der Waals surface area contributed by atoms with E-state index in [2.05, 4.69) is 5.32 Å². The van der Waals surface area contributed by atoms with Gasteiger partial charge in [0.15, 0.2) is 16.6 Å². The van der Waals surface area contributed by atoms with Crippen LogP contribution in [0, 0.1) is 6.92 Å². The molecule has 7 nitrogen and oxygen atoms in total. The Morgan fingerprint density at radius 1 is 0.966 bits per heavy atom. The molecule has 1 heterocycles. The van der Waals surface area contributed by atoms with Crippen molar-refractivity contribution in [3.8, 4) is 17.2 Å². The van der Waals surface area contributed by atoms with Crippen LogP contribution in [0.3, 0.4) is 0 Å². The third-order valence-electron chi connectivity index (χ3n) is 4.39. The molecule has 0 atom stereocenters. The Kier molecular flexibility index (Phi) is 5.84. The van der Waals surface area contributed by atoms with Gasteiger partial charge in [0.25, 0.3) is 11.8 Å². The molecule has 1 N–H and O–H groups in total. The molecule has 0 spiro atoms. The van der Waals surface area contributed by atoms with E-state index in [4.69, 9.17) is 26.4 Å². The summed E-state index contributed by atoms with van der Waals surface area (Å²) in [6, 6.07) is 10.6. The van der Waals surface area contributed by atoms with Crippen molar-refractivity contribution < 1.29 is 23.8 Å². The van der Waals surface area contributed by atoms with E-state index in [1.807, 2.05) is 19.1 Å². The van der Waals surface area contributed by atoms with Crippen LogP contribution in [0.5, 0.6) is 17.2 Å². The van der Waals surface area contributed by atoms with Gasteiger partial charge >= 0.3 is 0 Å².